The molecule has 1 aliphatic heterocycles. The van der Waals surface area contributed by atoms with Crippen LogP contribution in [0.2, 0.25) is 0 Å². The van der Waals surface area contributed by atoms with Crippen LogP contribution < -0.4 is 10.6 Å². The van der Waals surface area contributed by atoms with Crippen LogP contribution in [0.15, 0.2) is 24.7 Å². The first-order valence-corrected chi connectivity index (χ1v) is 8.06. The molecule has 0 saturated carbocycles. The van der Waals surface area contributed by atoms with Gasteiger partial charge in [-0.25, -0.2) is 15.0 Å². The number of anilines is 3. The normalized spacial score (nSPS) is 17.1. The van der Waals surface area contributed by atoms with Crippen LogP contribution in [-0.2, 0) is 4.74 Å². The third kappa shape index (κ3) is 4.18. The number of ether oxygens (including phenoxy) is 1. The molecule has 0 radical (unpaired) electrons. The van der Waals surface area contributed by atoms with Crippen molar-refractivity contribution in [2.45, 2.75) is 32.3 Å². The Bertz CT molecular complexity index is 719. The molecule has 0 unspecified atom stereocenters. The highest BCUT2D eigenvalue weighted by Gasteiger charge is 2.14. The molecule has 124 valence electrons. The van der Waals surface area contributed by atoms with Gasteiger partial charge in [0.05, 0.1) is 18.5 Å². The van der Waals surface area contributed by atoms with Gasteiger partial charge in [-0.15, -0.1) is 0 Å². The third-order valence-electron chi connectivity index (χ3n) is 3.92. The molecule has 0 aliphatic carbocycles. The van der Waals surface area contributed by atoms with E-state index in [1.807, 2.05) is 25.3 Å². The SMILES string of the molecule is Cc1cnc(Nc2cnc(C#N)cn2)cc1NC[C@H]1CCCCO1. The minimum Gasteiger partial charge on any atom is -0.382 e. The molecule has 0 amide bonds. The first-order chi connectivity index (χ1) is 11.7. The van der Waals surface area contributed by atoms with Crippen molar-refractivity contribution < 1.29 is 4.74 Å². The van der Waals surface area contributed by atoms with Gasteiger partial charge in [-0.05, 0) is 31.7 Å². The molecule has 0 spiro atoms. The minimum atomic E-state index is 0.270. The summed E-state index contributed by atoms with van der Waals surface area (Å²) >= 11 is 0. The van der Waals surface area contributed by atoms with Crippen molar-refractivity contribution in [3.8, 4) is 6.07 Å². The van der Waals surface area contributed by atoms with Crippen molar-refractivity contribution in [1.29, 1.82) is 5.26 Å². The van der Waals surface area contributed by atoms with Crippen molar-refractivity contribution >= 4 is 17.3 Å². The number of nitrogens with zero attached hydrogens (tertiary/aromatic N) is 4. The lowest BCUT2D eigenvalue weighted by Gasteiger charge is -2.23. The van der Waals surface area contributed by atoms with Crippen LogP contribution in [0.4, 0.5) is 17.3 Å². The second kappa shape index (κ2) is 7.70. The van der Waals surface area contributed by atoms with Gasteiger partial charge in [0.1, 0.15) is 17.7 Å². The predicted molar refractivity (Wildman–Crippen MR) is 91.1 cm³/mol. The Labute approximate surface area is 141 Å². The van der Waals surface area contributed by atoms with E-state index in [0.29, 0.717) is 11.6 Å². The van der Waals surface area contributed by atoms with Gasteiger partial charge in [0.2, 0.25) is 0 Å². The van der Waals surface area contributed by atoms with E-state index in [1.54, 1.807) is 0 Å². The van der Waals surface area contributed by atoms with Gasteiger partial charge >= 0.3 is 0 Å². The number of aryl methyl sites for hydroxylation is 1. The van der Waals surface area contributed by atoms with E-state index in [1.165, 1.54) is 18.8 Å². The molecule has 0 aromatic carbocycles. The smallest absolute Gasteiger partial charge is 0.158 e. The number of aromatic nitrogens is 3. The van der Waals surface area contributed by atoms with E-state index in [-0.39, 0.29) is 11.8 Å². The summed E-state index contributed by atoms with van der Waals surface area (Å²) < 4.78 is 5.75. The lowest BCUT2D eigenvalue weighted by Crippen LogP contribution is -2.27. The lowest BCUT2D eigenvalue weighted by molar-refractivity contribution is 0.0247. The average molecular weight is 324 g/mol. The predicted octanol–water partition coefficient (Wildman–Crippen LogP) is 2.78. The average Bonchev–Trinajstić information content (AvgIpc) is 2.63. The monoisotopic (exact) mass is 324 g/mol. The Morgan fingerprint density at radius 1 is 1.21 bits per heavy atom. The fraction of sp³-hybridized carbons (Fsp3) is 0.412. The zero-order chi connectivity index (χ0) is 16.8. The van der Waals surface area contributed by atoms with Gasteiger partial charge in [-0.3, -0.25) is 0 Å². The van der Waals surface area contributed by atoms with E-state index in [2.05, 4.69) is 25.6 Å². The van der Waals surface area contributed by atoms with Crippen LogP contribution in [-0.4, -0.2) is 34.2 Å². The summed E-state index contributed by atoms with van der Waals surface area (Å²) in [5, 5.41) is 15.3. The van der Waals surface area contributed by atoms with Crippen LogP contribution in [0.3, 0.4) is 0 Å². The Morgan fingerprint density at radius 2 is 2.08 bits per heavy atom. The first kappa shape index (κ1) is 16.1. The summed E-state index contributed by atoms with van der Waals surface area (Å²) in [4.78, 5) is 12.5. The quantitative estimate of drug-likeness (QED) is 0.873. The number of nitriles is 1. The van der Waals surface area contributed by atoms with Crippen molar-refractivity contribution in [3.05, 3.63) is 35.9 Å². The van der Waals surface area contributed by atoms with Gasteiger partial charge in [0.15, 0.2) is 5.69 Å². The molecule has 2 aromatic rings. The molecule has 1 fully saturated rings. The number of hydrogen-bond donors (Lipinski definition) is 2. The third-order valence-corrected chi connectivity index (χ3v) is 3.92. The van der Waals surface area contributed by atoms with Gasteiger partial charge in [0.25, 0.3) is 0 Å². The van der Waals surface area contributed by atoms with E-state index in [9.17, 15) is 0 Å². The molecule has 1 atom stereocenters. The Balaban J connectivity index is 1.65. The Morgan fingerprint density at radius 3 is 2.79 bits per heavy atom. The summed E-state index contributed by atoms with van der Waals surface area (Å²) in [7, 11) is 0. The molecular weight excluding hydrogens is 304 g/mol. The zero-order valence-electron chi connectivity index (χ0n) is 13.6. The zero-order valence-corrected chi connectivity index (χ0v) is 13.6. The molecule has 0 bridgehead atoms. The number of rotatable bonds is 5. The summed E-state index contributed by atoms with van der Waals surface area (Å²) in [6.45, 7) is 3.66. The molecule has 7 nitrogen and oxygen atoms in total. The highest BCUT2D eigenvalue weighted by molar-refractivity contribution is 5.61. The molecule has 2 N–H and O–H groups in total. The largest absolute Gasteiger partial charge is 0.382 e. The lowest BCUT2D eigenvalue weighted by atomic mass is 10.1. The molecule has 2 aromatic heterocycles. The molecule has 1 saturated heterocycles. The fourth-order valence-electron chi connectivity index (χ4n) is 2.56. The summed E-state index contributed by atoms with van der Waals surface area (Å²) in [6, 6.07) is 3.89. The van der Waals surface area contributed by atoms with Crippen molar-refractivity contribution in [1.82, 2.24) is 15.0 Å². The van der Waals surface area contributed by atoms with E-state index in [0.717, 1.165) is 37.2 Å². The Hall–Kier alpha value is -2.72. The molecule has 3 heterocycles. The summed E-state index contributed by atoms with van der Waals surface area (Å²) in [5.74, 6) is 1.22. The van der Waals surface area contributed by atoms with E-state index in [4.69, 9.17) is 10.00 Å². The number of nitrogens with one attached hydrogen (secondary N) is 2. The maximum atomic E-state index is 8.75. The van der Waals surface area contributed by atoms with Crippen LogP contribution in [0.25, 0.3) is 0 Å². The van der Waals surface area contributed by atoms with Gasteiger partial charge < -0.3 is 15.4 Å². The molecule has 24 heavy (non-hydrogen) atoms. The maximum Gasteiger partial charge on any atom is 0.158 e. The maximum absolute atomic E-state index is 8.75. The Kier molecular flexibility index (Phi) is 5.18. The molecule has 1 aliphatic rings. The van der Waals surface area contributed by atoms with Gasteiger partial charge in [-0.1, -0.05) is 0 Å². The first-order valence-electron chi connectivity index (χ1n) is 8.06. The molecule has 3 rings (SSSR count). The second-order valence-electron chi connectivity index (χ2n) is 5.78. The number of pyridine rings is 1. The highest BCUT2D eigenvalue weighted by atomic mass is 16.5. The minimum absolute atomic E-state index is 0.270. The number of hydrogen-bond acceptors (Lipinski definition) is 7. The summed E-state index contributed by atoms with van der Waals surface area (Å²) in [6.07, 6.45) is 8.51. The summed E-state index contributed by atoms with van der Waals surface area (Å²) in [5.41, 5.74) is 2.37. The van der Waals surface area contributed by atoms with Crippen LogP contribution in [0.5, 0.6) is 0 Å². The van der Waals surface area contributed by atoms with Crippen molar-refractivity contribution in [2.75, 3.05) is 23.8 Å². The van der Waals surface area contributed by atoms with Crippen LogP contribution >= 0.6 is 0 Å². The second-order valence-corrected chi connectivity index (χ2v) is 5.78. The van der Waals surface area contributed by atoms with Gasteiger partial charge in [0, 0.05) is 31.1 Å². The molecule has 7 heteroatoms. The van der Waals surface area contributed by atoms with Crippen LogP contribution in [0.1, 0.15) is 30.5 Å². The highest BCUT2D eigenvalue weighted by Crippen LogP contribution is 2.21. The fourth-order valence-corrected chi connectivity index (χ4v) is 2.56. The standard InChI is InChI=1S/C17H20N6O/c1-12-8-21-16(23-17-11-19-13(7-18)9-22-17)6-15(12)20-10-14-4-2-3-5-24-14/h6,8-9,11,14H,2-5,10H2,1H3,(H2,20,21,22,23)/t14-/m1/s1. The topological polar surface area (TPSA) is 95.8 Å². The van der Waals surface area contributed by atoms with Crippen LogP contribution in [0, 0.1) is 18.3 Å². The van der Waals surface area contributed by atoms with E-state index < -0.39 is 0 Å². The van der Waals surface area contributed by atoms with Crippen molar-refractivity contribution in [3.63, 3.8) is 0 Å². The molecular formula is C17H20N6O. The van der Waals surface area contributed by atoms with E-state index >= 15 is 0 Å². The van der Waals surface area contributed by atoms with Gasteiger partial charge in [-0.2, -0.15) is 5.26 Å². The van der Waals surface area contributed by atoms with Crippen molar-refractivity contribution in [2.24, 2.45) is 0 Å².